The number of piperidine rings is 1. The van der Waals surface area contributed by atoms with E-state index in [0.29, 0.717) is 11.5 Å². The van der Waals surface area contributed by atoms with Crippen molar-refractivity contribution in [2.24, 2.45) is 0 Å². The predicted molar refractivity (Wildman–Crippen MR) is 117 cm³/mol. The molecule has 0 radical (unpaired) electrons. The summed E-state index contributed by atoms with van der Waals surface area (Å²) < 4.78 is 0. The molecule has 29 heavy (non-hydrogen) atoms. The average molecular weight is 387 g/mol. The van der Waals surface area contributed by atoms with Gasteiger partial charge in [0.25, 0.3) is 5.91 Å². The molecule has 0 bridgehead atoms. The van der Waals surface area contributed by atoms with E-state index in [4.69, 9.17) is 0 Å². The van der Waals surface area contributed by atoms with Gasteiger partial charge in [-0.25, -0.2) is 9.97 Å². The van der Waals surface area contributed by atoms with E-state index in [1.165, 1.54) is 31.3 Å². The Kier molecular flexibility index (Phi) is 5.70. The molecule has 2 aromatic carbocycles. The SMILES string of the molecule is Cc1cccc(Nc2cc(C(=O)Nc3ccc(N4CCCCC4)cc3)ncn2)c1. The second-order valence-electron chi connectivity index (χ2n) is 7.33. The first-order chi connectivity index (χ1) is 14.2. The number of carbonyl (C=O) groups is 1. The first kappa shape index (κ1) is 18.9. The number of benzene rings is 2. The molecule has 148 valence electrons. The molecule has 1 amide bonds. The molecule has 0 spiro atoms. The second-order valence-corrected chi connectivity index (χ2v) is 7.33. The Labute approximate surface area is 171 Å². The van der Waals surface area contributed by atoms with E-state index in [2.05, 4.69) is 37.6 Å². The van der Waals surface area contributed by atoms with Crippen molar-refractivity contribution in [3.05, 3.63) is 72.2 Å². The van der Waals surface area contributed by atoms with Gasteiger partial charge in [-0.15, -0.1) is 0 Å². The highest BCUT2D eigenvalue weighted by atomic mass is 16.1. The van der Waals surface area contributed by atoms with Crippen LogP contribution in [0.1, 0.15) is 35.3 Å². The fourth-order valence-electron chi connectivity index (χ4n) is 3.52. The summed E-state index contributed by atoms with van der Waals surface area (Å²) in [6, 6.07) is 17.6. The van der Waals surface area contributed by atoms with E-state index in [9.17, 15) is 4.79 Å². The molecule has 4 rings (SSSR count). The third-order valence-corrected chi connectivity index (χ3v) is 5.04. The third kappa shape index (κ3) is 4.90. The predicted octanol–water partition coefficient (Wildman–Crippen LogP) is 4.77. The Morgan fingerprint density at radius 2 is 1.72 bits per heavy atom. The van der Waals surface area contributed by atoms with Gasteiger partial charge in [0.15, 0.2) is 0 Å². The fraction of sp³-hybridized carbons (Fsp3) is 0.261. The Morgan fingerprint density at radius 3 is 2.48 bits per heavy atom. The van der Waals surface area contributed by atoms with Crippen molar-refractivity contribution in [2.45, 2.75) is 26.2 Å². The summed E-state index contributed by atoms with van der Waals surface area (Å²) in [5.74, 6) is 0.321. The molecule has 0 unspecified atom stereocenters. The Morgan fingerprint density at radius 1 is 0.931 bits per heavy atom. The van der Waals surface area contributed by atoms with Crippen LogP contribution in [0.2, 0.25) is 0 Å². The maximum atomic E-state index is 12.6. The van der Waals surface area contributed by atoms with Crippen molar-refractivity contribution in [3.63, 3.8) is 0 Å². The summed E-state index contributed by atoms with van der Waals surface area (Å²) in [5.41, 5.74) is 4.34. The zero-order chi connectivity index (χ0) is 20.1. The van der Waals surface area contributed by atoms with Crippen LogP contribution in [-0.4, -0.2) is 29.0 Å². The van der Waals surface area contributed by atoms with Gasteiger partial charge in [-0.1, -0.05) is 12.1 Å². The second kappa shape index (κ2) is 8.73. The molecule has 0 saturated carbocycles. The molecule has 1 aromatic heterocycles. The lowest BCUT2D eigenvalue weighted by atomic mass is 10.1. The van der Waals surface area contributed by atoms with E-state index in [-0.39, 0.29) is 5.91 Å². The normalized spacial score (nSPS) is 13.8. The standard InChI is InChI=1S/C23H25N5O/c1-17-6-5-7-19(14-17)26-22-15-21(24-16-25-22)23(29)27-18-8-10-20(11-9-18)28-12-3-2-4-13-28/h5-11,14-16H,2-4,12-13H2,1H3,(H,27,29)(H,24,25,26). The molecular formula is C23H25N5O. The van der Waals surface area contributed by atoms with Crippen LogP contribution in [0.3, 0.4) is 0 Å². The van der Waals surface area contributed by atoms with Crippen LogP contribution in [0.5, 0.6) is 0 Å². The lowest BCUT2D eigenvalue weighted by Gasteiger charge is -2.28. The zero-order valence-corrected chi connectivity index (χ0v) is 16.6. The molecule has 6 heteroatoms. The lowest BCUT2D eigenvalue weighted by molar-refractivity contribution is 0.102. The lowest BCUT2D eigenvalue weighted by Crippen LogP contribution is -2.29. The molecule has 2 N–H and O–H groups in total. The van der Waals surface area contributed by atoms with Gasteiger partial charge in [-0.2, -0.15) is 0 Å². The van der Waals surface area contributed by atoms with Gasteiger partial charge < -0.3 is 15.5 Å². The maximum Gasteiger partial charge on any atom is 0.274 e. The molecule has 1 aliphatic heterocycles. The van der Waals surface area contributed by atoms with E-state index in [1.54, 1.807) is 6.07 Å². The quantitative estimate of drug-likeness (QED) is 0.660. The first-order valence-electron chi connectivity index (χ1n) is 9.99. The van der Waals surface area contributed by atoms with Gasteiger partial charge in [-0.05, 0) is 68.1 Å². The molecule has 2 heterocycles. The highest BCUT2D eigenvalue weighted by molar-refractivity contribution is 6.03. The summed E-state index contributed by atoms with van der Waals surface area (Å²) in [5, 5.41) is 6.12. The number of carbonyl (C=O) groups excluding carboxylic acids is 1. The van der Waals surface area contributed by atoms with Gasteiger partial charge in [0.2, 0.25) is 0 Å². The molecule has 0 aliphatic carbocycles. The number of aromatic nitrogens is 2. The van der Waals surface area contributed by atoms with Crippen LogP contribution in [0.25, 0.3) is 0 Å². The van der Waals surface area contributed by atoms with Gasteiger partial charge in [0.1, 0.15) is 17.8 Å². The Balaban J connectivity index is 1.41. The number of hydrogen-bond acceptors (Lipinski definition) is 5. The summed E-state index contributed by atoms with van der Waals surface area (Å²) in [6.07, 6.45) is 5.19. The highest BCUT2D eigenvalue weighted by Gasteiger charge is 2.12. The summed E-state index contributed by atoms with van der Waals surface area (Å²) >= 11 is 0. The van der Waals surface area contributed by atoms with Gasteiger partial charge >= 0.3 is 0 Å². The fourth-order valence-corrected chi connectivity index (χ4v) is 3.52. The van der Waals surface area contributed by atoms with Crippen molar-refractivity contribution < 1.29 is 4.79 Å². The molecule has 0 atom stereocenters. The van der Waals surface area contributed by atoms with E-state index in [1.807, 2.05) is 43.3 Å². The van der Waals surface area contributed by atoms with Crippen LogP contribution in [0, 0.1) is 6.92 Å². The minimum Gasteiger partial charge on any atom is -0.372 e. The largest absolute Gasteiger partial charge is 0.372 e. The minimum atomic E-state index is -0.259. The van der Waals surface area contributed by atoms with Crippen molar-refractivity contribution in [3.8, 4) is 0 Å². The first-order valence-corrected chi connectivity index (χ1v) is 9.99. The zero-order valence-electron chi connectivity index (χ0n) is 16.6. The summed E-state index contributed by atoms with van der Waals surface area (Å²) in [4.78, 5) is 23.3. The smallest absolute Gasteiger partial charge is 0.274 e. The summed E-state index contributed by atoms with van der Waals surface area (Å²) in [6.45, 7) is 4.23. The third-order valence-electron chi connectivity index (χ3n) is 5.04. The van der Waals surface area contributed by atoms with Gasteiger partial charge in [0, 0.05) is 36.2 Å². The number of rotatable bonds is 5. The minimum absolute atomic E-state index is 0.259. The molecule has 1 aliphatic rings. The number of hydrogen-bond donors (Lipinski definition) is 2. The number of amides is 1. The van der Waals surface area contributed by atoms with Crippen LogP contribution >= 0.6 is 0 Å². The topological polar surface area (TPSA) is 70.2 Å². The van der Waals surface area contributed by atoms with Crippen LogP contribution < -0.4 is 15.5 Å². The van der Waals surface area contributed by atoms with Crippen LogP contribution in [0.15, 0.2) is 60.9 Å². The van der Waals surface area contributed by atoms with Crippen molar-refractivity contribution >= 4 is 28.8 Å². The molecule has 3 aromatic rings. The van der Waals surface area contributed by atoms with Crippen molar-refractivity contribution in [1.29, 1.82) is 0 Å². The van der Waals surface area contributed by atoms with Crippen molar-refractivity contribution in [1.82, 2.24) is 9.97 Å². The Bertz CT molecular complexity index is 981. The molecular weight excluding hydrogens is 362 g/mol. The molecule has 6 nitrogen and oxygen atoms in total. The van der Waals surface area contributed by atoms with Crippen LogP contribution in [0.4, 0.5) is 22.9 Å². The van der Waals surface area contributed by atoms with E-state index >= 15 is 0 Å². The average Bonchev–Trinajstić information content (AvgIpc) is 2.75. The van der Waals surface area contributed by atoms with Gasteiger partial charge in [0.05, 0.1) is 0 Å². The van der Waals surface area contributed by atoms with Crippen LogP contribution in [-0.2, 0) is 0 Å². The Hall–Kier alpha value is -3.41. The molecule has 1 fully saturated rings. The highest BCUT2D eigenvalue weighted by Crippen LogP contribution is 2.22. The molecule has 1 saturated heterocycles. The van der Waals surface area contributed by atoms with Crippen molar-refractivity contribution in [2.75, 3.05) is 28.6 Å². The van der Waals surface area contributed by atoms with Gasteiger partial charge in [-0.3, -0.25) is 4.79 Å². The van der Waals surface area contributed by atoms with E-state index < -0.39 is 0 Å². The summed E-state index contributed by atoms with van der Waals surface area (Å²) in [7, 11) is 0. The number of anilines is 4. The number of aryl methyl sites for hydroxylation is 1. The van der Waals surface area contributed by atoms with E-state index in [0.717, 1.165) is 30.0 Å². The number of nitrogens with one attached hydrogen (secondary N) is 2. The number of nitrogens with zero attached hydrogens (tertiary/aromatic N) is 3. The monoisotopic (exact) mass is 387 g/mol. The maximum absolute atomic E-state index is 12.6.